The van der Waals surface area contributed by atoms with Crippen LogP contribution in [0, 0.1) is 5.82 Å². The molecule has 2 atom stereocenters. The van der Waals surface area contributed by atoms with E-state index in [0.717, 1.165) is 6.07 Å². The van der Waals surface area contributed by atoms with E-state index >= 15 is 0 Å². The molecule has 0 amide bonds. The number of hydrogen-bond acceptors (Lipinski definition) is 2. The zero-order chi connectivity index (χ0) is 11.6. The topological polar surface area (TPSA) is 46.2 Å². The molecule has 0 heterocycles. The minimum atomic E-state index is -0.871. The van der Waals surface area contributed by atoms with Gasteiger partial charge in [0.15, 0.2) is 0 Å². The first-order chi connectivity index (χ1) is 6.91. The van der Waals surface area contributed by atoms with Crippen molar-refractivity contribution in [3.05, 3.63) is 33.6 Å². The maximum Gasteiger partial charge on any atom is 0.142 e. The minimum absolute atomic E-state index is 0.0586. The fourth-order valence-corrected chi connectivity index (χ4v) is 1.78. The summed E-state index contributed by atoms with van der Waals surface area (Å²) >= 11 is 11.4. The summed E-state index contributed by atoms with van der Waals surface area (Å²) in [5.74, 6) is -0.597. The molecule has 15 heavy (non-hydrogen) atoms. The Bertz CT molecular complexity index is 358. The molecule has 0 saturated heterocycles. The highest BCUT2D eigenvalue weighted by Gasteiger charge is 2.16. The normalized spacial score (nSPS) is 15.1. The Balaban J connectivity index is 2.98. The Morgan fingerprint density at radius 2 is 2.00 bits per heavy atom. The van der Waals surface area contributed by atoms with Gasteiger partial charge in [0, 0.05) is 16.6 Å². The molecule has 1 aromatic carbocycles. The lowest BCUT2D eigenvalue weighted by atomic mass is 10.0. The molecule has 2 unspecified atom stereocenters. The molecule has 0 radical (unpaired) electrons. The maximum absolute atomic E-state index is 13.1. The highest BCUT2D eigenvalue weighted by atomic mass is 35.5. The van der Waals surface area contributed by atoms with Crippen LogP contribution in [0.4, 0.5) is 4.39 Å². The number of hydrogen-bond donors (Lipinski definition) is 2. The van der Waals surface area contributed by atoms with E-state index in [1.807, 2.05) is 0 Å². The first-order valence-corrected chi connectivity index (χ1v) is 5.25. The van der Waals surface area contributed by atoms with Gasteiger partial charge in [-0.1, -0.05) is 23.2 Å². The van der Waals surface area contributed by atoms with Gasteiger partial charge in [-0.05, 0) is 25.5 Å². The standard InChI is InChI=1S/C10H12Cl2FNO/c1-5(14)2-10(15)6-3-9(13)8(12)4-7(6)11/h3-5,10,15H,2,14H2,1H3. The summed E-state index contributed by atoms with van der Waals surface area (Å²) in [5.41, 5.74) is 5.84. The SMILES string of the molecule is CC(N)CC(O)c1cc(F)c(Cl)cc1Cl. The van der Waals surface area contributed by atoms with Crippen molar-refractivity contribution in [2.24, 2.45) is 5.73 Å². The number of aliphatic hydroxyl groups is 1. The summed E-state index contributed by atoms with van der Waals surface area (Å²) in [6, 6.07) is 2.23. The van der Waals surface area contributed by atoms with Gasteiger partial charge in [0.05, 0.1) is 11.1 Å². The van der Waals surface area contributed by atoms with Gasteiger partial charge in [-0.3, -0.25) is 0 Å². The van der Waals surface area contributed by atoms with Crippen LogP contribution in [-0.4, -0.2) is 11.1 Å². The summed E-state index contributed by atoms with van der Waals surface area (Å²) in [4.78, 5) is 0. The Morgan fingerprint density at radius 1 is 1.40 bits per heavy atom. The number of nitrogens with two attached hydrogens (primary N) is 1. The Hall–Kier alpha value is -0.350. The van der Waals surface area contributed by atoms with Crippen LogP contribution in [0.15, 0.2) is 12.1 Å². The van der Waals surface area contributed by atoms with E-state index in [-0.39, 0.29) is 16.1 Å². The van der Waals surface area contributed by atoms with E-state index in [1.165, 1.54) is 6.07 Å². The molecule has 0 aliphatic heterocycles. The number of aliphatic hydroxyl groups excluding tert-OH is 1. The van der Waals surface area contributed by atoms with Crippen molar-refractivity contribution in [1.82, 2.24) is 0 Å². The van der Waals surface area contributed by atoms with E-state index in [2.05, 4.69) is 0 Å². The third kappa shape index (κ3) is 3.31. The largest absolute Gasteiger partial charge is 0.388 e. The summed E-state index contributed by atoms with van der Waals surface area (Å²) in [6.45, 7) is 1.75. The minimum Gasteiger partial charge on any atom is -0.388 e. The van der Waals surface area contributed by atoms with Gasteiger partial charge in [-0.2, -0.15) is 0 Å². The summed E-state index contributed by atoms with van der Waals surface area (Å²) < 4.78 is 13.1. The molecule has 2 nitrogen and oxygen atoms in total. The summed E-state index contributed by atoms with van der Waals surface area (Å²) in [6.07, 6.45) is -0.551. The zero-order valence-corrected chi connectivity index (χ0v) is 9.69. The second kappa shape index (κ2) is 5.12. The molecular formula is C10H12Cl2FNO. The van der Waals surface area contributed by atoms with E-state index in [4.69, 9.17) is 28.9 Å². The van der Waals surface area contributed by atoms with Crippen LogP contribution in [0.1, 0.15) is 25.0 Å². The van der Waals surface area contributed by atoms with E-state index in [0.29, 0.717) is 12.0 Å². The van der Waals surface area contributed by atoms with Crippen LogP contribution in [0.25, 0.3) is 0 Å². The molecule has 1 aromatic rings. The van der Waals surface area contributed by atoms with Crippen molar-refractivity contribution < 1.29 is 9.50 Å². The van der Waals surface area contributed by atoms with Crippen LogP contribution >= 0.6 is 23.2 Å². The number of rotatable bonds is 3. The molecule has 0 aliphatic carbocycles. The second-order valence-electron chi connectivity index (χ2n) is 3.52. The van der Waals surface area contributed by atoms with Gasteiger partial charge in [-0.15, -0.1) is 0 Å². The summed E-state index contributed by atoms with van der Waals surface area (Å²) in [7, 11) is 0. The molecule has 0 saturated carbocycles. The van der Waals surface area contributed by atoms with Crippen LogP contribution in [-0.2, 0) is 0 Å². The second-order valence-corrected chi connectivity index (χ2v) is 4.33. The maximum atomic E-state index is 13.1. The van der Waals surface area contributed by atoms with Crippen molar-refractivity contribution in [2.75, 3.05) is 0 Å². The molecule has 1 rings (SSSR count). The average molecular weight is 252 g/mol. The highest BCUT2D eigenvalue weighted by Crippen LogP contribution is 2.30. The van der Waals surface area contributed by atoms with Crippen LogP contribution in [0.2, 0.25) is 10.0 Å². The van der Waals surface area contributed by atoms with Crippen LogP contribution in [0.5, 0.6) is 0 Å². The molecule has 0 aliphatic rings. The van der Waals surface area contributed by atoms with Crippen molar-refractivity contribution in [1.29, 1.82) is 0 Å². The van der Waals surface area contributed by atoms with Crippen molar-refractivity contribution in [3.63, 3.8) is 0 Å². The fourth-order valence-electron chi connectivity index (χ4n) is 1.27. The first-order valence-electron chi connectivity index (χ1n) is 4.50. The van der Waals surface area contributed by atoms with Gasteiger partial charge >= 0.3 is 0 Å². The average Bonchev–Trinajstić information content (AvgIpc) is 2.09. The molecule has 0 spiro atoms. The van der Waals surface area contributed by atoms with Gasteiger partial charge in [0.25, 0.3) is 0 Å². The van der Waals surface area contributed by atoms with Crippen molar-refractivity contribution in [3.8, 4) is 0 Å². The van der Waals surface area contributed by atoms with Gasteiger partial charge in [-0.25, -0.2) is 4.39 Å². The smallest absolute Gasteiger partial charge is 0.142 e. The predicted octanol–water partition coefficient (Wildman–Crippen LogP) is 2.90. The zero-order valence-electron chi connectivity index (χ0n) is 8.17. The number of halogens is 3. The molecule has 5 heteroatoms. The lowest BCUT2D eigenvalue weighted by Crippen LogP contribution is -2.18. The van der Waals surface area contributed by atoms with Crippen molar-refractivity contribution in [2.45, 2.75) is 25.5 Å². The monoisotopic (exact) mass is 251 g/mol. The quantitative estimate of drug-likeness (QED) is 0.812. The first kappa shape index (κ1) is 12.7. The van der Waals surface area contributed by atoms with E-state index in [9.17, 15) is 9.50 Å². The third-order valence-electron chi connectivity index (χ3n) is 1.99. The highest BCUT2D eigenvalue weighted by molar-refractivity contribution is 6.35. The van der Waals surface area contributed by atoms with Gasteiger partial charge < -0.3 is 10.8 Å². The predicted molar refractivity (Wildman–Crippen MR) is 59.6 cm³/mol. The van der Waals surface area contributed by atoms with E-state index in [1.54, 1.807) is 6.92 Å². The fraction of sp³-hybridized carbons (Fsp3) is 0.400. The van der Waals surface area contributed by atoms with Gasteiger partial charge in [0.2, 0.25) is 0 Å². The lowest BCUT2D eigenvalue weighted by Gasteiger charge is -2.15. The Kier molecular flexibility index (Phi) is 4.34. The van der Waals surface area contributed by atoms with Crippen LogP contribution in [0.3, 0.4) is 0 Å². The molecule has 84 valence electrons. The third-order valence-corrected chi connectivity index (χ3v) is 2.61. The molecular weight excluding hydrogens is 240 g/mol. The Morgan fingerprint density at radius 3 is 2.53 bits per heavy atom. The Labute approximate surface area is 97.8 Å². The molecule has 0 fully saturated rings. The molecule has 0 bridgehead atoms. The van der Waals surface area contributed by atoms with Crippen LogP contribution < -0.4 is 5.73 Å². The summed E-state index contributed by atoms with van der Waals surface area (Å²) in [5, 5.41) is 9.90. The molecule has 0 aromatic heterocycles. The number of benzene rings is 1. The van der Waals surface area contributed by atoms with Crippen molar-refractivity contribution >= 4 is 23.2 Å². The van der Waals surface area contributed by atoms with Gasteiger partial charge in [0.1, 0.15) is 5.82 Å². The van der Waals surface area contributed by atoms with E-state index < -0.39 is 11.9 Å². The lowest BCUT2D eigenvalue weighted by molar-refractivity contribution is 0.160. The molecule has 3 N–H and O–H groups in total.